The Morgan fingerprint density at radius 3 is 2.35 bits per heavy atom. The largest absolute Gasteiger partial charge is 0.378 e. The SMILES string of the molecule is CC(=O)/C(Cc1ccc(F)cc1)=C(/C)N1CCOCC1. The average Bonchev–Trinajstić information content (AvgIpc) is 2.46. The highest BCUT2D eigenvalue weighted by atomic mass is 19.1. The highest BCUT2D eigenvalue weighted by Crippen LogP contribution is 2.18. The Hall–Kier alpha value is -1.68. The van der Waals surface area contributed by atoms with Gasteiger partial charge in [-0.15, -0.1) is 0 Å². The lowest BCUT2D eigenvalue weighted by atomic mass is 10.00. The summed E-state index contributed by atoms with van der Waals surface area (Å²) in [7, 11) is 0. The van der Waals surface area contributed by atoms with Gasteiger partial charge in [-0.05, 0) is 31.5 Å². The summed E-state index contributed by atoms with van der Waals surface area (Å²) in [4.78, 5) is 14.1. The number of morpholine rings is 1. The molecular weight excluding hydrogens is 257 g/mol. The van der Waals surface area contributed by atoms with Crippen molar-refractivity contribution in [3.63, 3.8) is 0 Å². The highest BCUT2D eigenvalue weighted by molar-refractivity contribution is 5.94. The first-order chi connectivity index (χ1) is 9.58. The molecule has 2 rings (SSSR count). The summed E-state index contributed by atoms with van der Waals surface area (Å²) in [6.45, 7) is 6.57. The second-order valence-electron chi connectivity index (χ2n) is 5.02. The number of carbonyl (C=O) groups excluding carboxylic acids is 1. The summed E-state index contributed by atoms with van der Waals surface area (Å²) < 4.78 is 18.3. The van der Waals surface area contributed by atoms with Gasteiger partial charge in [0.1, 0.15) is 5.82 Å². The van der Waals surface area contributed by atoms with Crippen LogP contribution in [0.5, 0.6) is 0 Å². The number of nitrogens with zero attached hydrogens (tertiary/aromatic N) is 1. The Morgan fingerprint density at radius 1 is 1.20 bits per heavy atom. The number of ether oxygens (including phenoxy) is 1. The van der Waals surface area contributed by atoms with Crippen LogP contribution < -0.4 is 0 Å². The summed E-state index contributed by atoms with van der Waals surface area (Å²) >= 11 is 0. The molecule has 0 radical (unpaired) electrons. The molecule has 1 saturated heterocycles. The van der Waals surface area contributed by atoms with Crippen LogP contribution in [0, 0.1) is 5.82 Å². The van der Waals surface area contributed by atoms with Crippen molar-refractivity contribution in [2.24, 2.45) is 0 Å². The van der Waals surface area contributed by atoms with Crippen LogP contribution in [0.3, 0.4) is 0 Å². The van der Waals surface area contributed by atoms with Crippen LogP contribution in [0.15, 0.2) is 35.5 Å². The summed E-state index contributed by atoms with van der Waals surface area (Å²) in [6, 6.07) is 6.31. The van der Waals surface area contributed by atoms with Gasteiger partial charge in [0.2, 0.25) is 0 Å². The molecule has 0 spiro atoms. The van der Waals surface area contributed by atoms with Gasteiger partial charge in [0.15, 0.2) is 5.78 Å². The molecule has 1 fully saturated rings. The third-order valence-electron chi connectivity index (χ3n) is 3.64. The van der Waals surface area contributed by atoms with Gasteiger partial charge >= 0.3 is 0 Å². The van der Waals surface area contributed by atoms with Crippen molar-refractivity contribution < 1.29 is 13.9 Å². The zero-order valence-electron chi connectivity index (χ0n) is 12.0. The number of hydrogen-bond donors (Lipinski definition) is 0. The fourth-order valence-electron chi connectivity index (χ4n) is 2.40. The molecule has 3 nitrogen and oxygen atoms in total. The first kappa shape index (κ1) is 14.7. The molecule has 0 aromatic heterocycles. The first-order valence-electron chi connectivity index (χ1n) is 6.85. The van der Waals surface area contributed by atoms with Crippen LogP contribution >= 0.6 is 0 Å². The maximum atomic E-state index is 12.9. The van der Waals surface area contributed by atoms with E-state index in [9.17, 15) is 9.18 Å². The van der Waals surface area contributed by atoms with Crippen molar-refractivity contribution in [1.29, 1.82) is 0 Å². The molecular formula is C16H20FNO2. The van der Waals surface area contributed by atoms with E-state index in [-0.39, 0.29) is 11.6 Å². The third kappa shape index (κ3) is 3.67. The molecule has 20 heavy (non-hydrogen) atoms. The molecule has 1 heterocycles. The predicted octanol–water partition coefficient (Wildman–Crippen LogP) is 2.56. The van der Waals surface area contributed by atoms with Crippen LogP contribution in [0.2, 0.25) is 0 Å². The van der Waals surface area contributed by atoms with E-state index in [0.717, 1.165) is 29.9 Å². The summed E-state index contributed by atoms with van der Waals surface area (Å²) in [6.07, 6.45) is 0.540. The number of allylic oxidation sites excluding steroid dienone is 2. The monoisotopic (exact) mass is 277 g/mol. The molecule has 0 aliphatic carbocycles. The Bertz CT molecular complexity index is 502. The maximum absolute atomic E-state index is 12.9. The number of benzene rings is 1. The fourth-order valence-corrected chi connectivity index (χ4v) is 2.40. The van der Waals surface area contributed by atoms with Crippen molar-refractivity contribution in [1.82, 2.24) is 4.90 Å². The lowest BCUT2D eigenvalue weighted by Gasteiger charge is -2.31. The predicted molar refractivity (Wildman–Crippen MR) is 75.9 cm³/mol. The number of hydrogen-bond acceptors (Lipinski definition) is 3. The Morgan fingerprint density at radius 2 is 1.80 bits per heavy atom. The van der Waals surface area contributed by atoms with Crippen molar-refractivity contribution in [3.8, 4) is 0 Å². The van der Waals surface area contributed by atoms with Gasteiger partial charge < -0.3 is 9.64 Å². The lowest BCUT2D eigenvalue weighted by molar-refractivity contribution is -0.113. The number of carbonyl (C=O) groups is 1. The second kappa shape index (κ2) is 6.66. The maximum Gasteiger partial charge on any atom is 0.157 e. The first-order valence-corrected chi connectivity index (χ1v) is 6.85. The smallest absolute Gasteiger partial charge is 0.157 e. The van der Waals surface area contributed by atoms with Gasteiger partial charge in [-0.3, -0.25) is 4.79 Å². The van der Waals surface area contributed by atoms with E-state index in [1.54, 1.807) is 19.1 Å². The van der Waals surface area contributed by atoms with Crippen LogP contribution in [0.1, 0.15) is 19.4 Å². The van der Waals surface area contributed by atoms with Gasteiger partial charge in [-0.1, -0.05) is 12.1 Å². The number of ketones is 1. The number of halogens is 1. The van der Waals surface area contributed by atoms with Gasteiger partial charge in [0.05, 0.1) is 13.2 Å². The van der Waals surface area contributed by atoms with E-state index in [0.29, 0.717) is 19.6 Å². The molecule has 1 aromatic rings. The minimum atomic E-state index is -0.257. The molecule has 108 valence electrons. The Labute approximate surface area is 119 Å². The van der Waals surface area contributed by atoms with E-state index < -0.39 is 0 Å². The zero-order chi connectivity index (χ0) is 14.5. The highest BCUT2D eigenvalue weighted by Gasteiger charge is 2.17. The van der Waals surface area contributed by atoms with Crippen LogP contribution in [0.4, 0.5) is 4.39 Å². The fraction of sp³-hybridized carbons (Fsp3) is 0.438. The average molecular weight is 277 g/mol. The Kier molecular flexibility index (Phi) is 4.90. The molecule has 0 amide bonds. The van der Waals surface area contributed by atoms with Gasteiger partial charge in [0.25, 0.3) is 0 Å². The number of rotatable bonds is 4. The van der Waals surface area contributed by atoms with E-state index in [1.165, 1.54) is 12.1 Å². The lowest BCUT2D eigenvalue weighted by Crippen LogP contribution is -2.36. The summed E-state index contributed by atoms with van der Waals surface area (Å²) in [5.74, 6) is -0.190. The molecule has 0 unspecified atom stereocenters. The van der Waals surface area contributed by atoms with Crippen molar-refractivity contribution in [3.05, 3.63) is 46.9 Å². The van der Waals surface area contributed by atoms with E-state index >= 15 is 0 Å². The van der Waals surface area contributed by atoms with Crippen LogP contribution in [0.25, 0.3) is 0 Å². The van der Waals surface area contributed by atoms with Gasteiger partial charge in [0, 0.05) is 30.8 Å². The molecule has 1 aliphatic heterocycles. The zero-order valence-corrected chi connectivity index (χ0v) is 12.0. The standard InChI is InChI=1S/C16H20FNO2/c1-12(18-7-9-20-10-8-18)16(13(2)19)11-14-3-5-15(17)6-4-14/h3-6H,7-11H2,1-2H3/b16-12-. The molecule has 0 atom stereocenters. The van der Waals surface area contributed by atoms with E-state index in [2.05, 4.69) is 4.90 Å². The van der Waals surface area contributed by atoms with Crippen LogP contribution in [-0.4, -0.2) is 37.0 Å². The van der Waals surface area contributed by atoms with Gasteiger partial charge in [-0.25, -0.2) is 4.39 Å². The minimum Gasteiger partial charge on any atom is -0.378 e. The van der Waals surface area contributed by atoms with E-state index in [1.807, 2.05) is 6.92 Å². The van der Waals surface area contributed by atoms with E-state index in [4.69, 9.17) is 4.74 Å². The summed E-state index contributed by atoms with van der Waals surface area (Å²) in [5, 5.41) is 0. The quantitative estimate of drug-likeness (QED) is 0.792. The molecule has 0 bridgehead atoms. The molecule has 1 aliphatic rings. The molecule has 0 saturated carbocycles. The van der Waals surface area contributed by atoms with Gasteiger partial charge in [-0.2, -0.15) is 0 Å². The topological polar surface area (TPSA) is 29.5 Å². The van der Waals surface area contributed by atoms with Crippen molar-refractivity contribution >= 4 is 5.78 Å². The number of Topliss-reactive ketones (excluding diaryl/α,β-unsaturated/α-hetero) is 1. The molecule has 0 N–H and O–H groups in total. The third-order valence-corrected chi connectivity index (χ3v) is 3.64. The Balaban J connectivity index is 2.21. The second-order valence-corrected chi connectivity index (χ2v) is 5.02. The van der Waals surface area contributed by atoms with Crippen LogP contribution in [-0.2, 0) is 16.0 Å². The molecule has 1 aromatic carbocycles. The normalized spacial score (nSPS) is 16.9. The molecule has 4 heteroatoms. The summed E-state index contributed by atoms with van der Waals surface area (Å²) in [5.41, 5.74) is 2.74. The van der Waals surface area contributed by atoms with Crippen molar-refractivity contribution in [2.45, 2.75) is 20.3 Å². The minimum absolute atomic E-state index is 0.0679. The van der Waals surface area contributed by atoms with Crippen molar-refractivity contribution in [2.75, 3.05) is 26.3 Å².